The molecule has 1 amide bonds. The van der Waals surface area contributed by atoms with E-state index in [1.807, 2.05) is 13.0 Å². The van der Waals surface area contributed by atoms with Gasteiger partial charge < -0.3 is 4.74 Å². The van der Waals surface area contributed by atoms with E-state index in [1.54, 1.807) is 49.4 Å². The minimum atomic E-state index is -3.92. The summed E-state index contributed by atoms with van der Waals surface area (Å²) >= 11 is 0.805. The van der Waals surface area contributed by atoms with Crippen molar-refractivity contribution in [2.45, 2.75) is 18.2 Å². The van der Waals surface area contributed by atoms with Crippen molar-refractivity contribution in [1.29, 1.82) is 0 Å². The largest absolute Gasteiger partial charge is 0.497 e. The van der Waals surface area contributed by atoms with Crippen molar-refractivity contribution in [1.82, 2.24) is 10.2 Å². The summed E-state index contributed by atoms with van der Waals surface area (Å²) in [5.74, 6) is 0.246. The molecule has 3 aromatic rings. The molecule has 1 N–H and O–H groups in total. The molecule has 3 rings (SSSR count). The van der Waals surface area contributed by atoms with Crippen LogP contribution in [0.5, 0.6) is 5.75 Å². The number of benzene rings is 2. The standard InChI is InChI=1S/C19H20N4O4S2/c1-4-23(15-8-10-16(27-3)11-9-15)29(25,26)19-22-21-18(28-19)20-17(24)14-7-5-6-13(2)12-14/h5-12H,4H2,1-3H3,(H,20,21,24). The average molecular weight is 433 g/mol. The van der Waals surface area contributed by atoms with E-state index >= 15 is 0 Å². The number of aromatic nitrogens is 2. The SMILES string of the molecule is CCN(c1ccc(OC)cc1)S(=O)(=O)c1nnc(NC(=O)c2cccc(C)c2)s1. The van der Waals surface area contributed by atoms with E-state index in [-0.39, 0.29) is 21.9 Å². The fourth-order valence-electron chi connectivity index (χ4n) is 2.65. The van der Waals surface area contributed by atoms with E-state index in [0.29, 0.717) is 17.0 Å². The van der Waals surface area contributed by atoms with Crippen LogP contribution in [0.4, 0.5) is 10.8 Å². The van der Waals surface area contributed by atoms with Crippen molar-refractivity contribution in [3.05, 3.63) is 59.7 Å². The number of methoxy groups -OCH3 is 1. The zero-order valence-electron chi connectivity index (χ0n) is 16.1. The summed E-state index contributed by atoms with van der Waals surface area (Å²) in [7, 11) is -2.39. The Balaban J connectivity index is 1.82. The normalized spacial score (nSPS) is 11.1. The van der Waals surface area contributed by atoms with Gasteiger partial charge in [0.05, 0.1) is 12.8 Å². The van der Waals surface area contributed by atoms with Gasteiger partial charge in [0, 0.05) is 12.1 Å². The highest BCUT2D eigenvalue weighted by Crippen LogP contribution is 2.28. The molecule has 0 radical (unpaired) electrons. The van der Waals surface area contributed by atoms with Crippen LogP contribution in [0.1, 0.15) is 22.8 Å². The molecular formula is C19H20N4O4S2. The smallest absolute Gasteiger partial charge is 0.293 e. The van der Waals surface area contributed by atoms with Crippen LogP contribution in [0.3, 0.4) is 0 Å². The van der Waals surface area contributed by atoms with E-state index < -0.39 is 10.0 Å². The maximum absolute atomic E-state index is 13.0. The molecule has 152 valence electrons. The minimum Gasteiger partial charge on any atom is -0.497 e. The van der Waals surface area contributed by atoms with E-state index in [2.05, 4.69) is 15.5 Å². The summed E-state index contributed by atoms with van der Waals surface area (Å²) in [6.45, 7) is 3.81. The third-order valence-electron chi connectivity index (χ3n) is 4.07. The Labute approximate surface area is 173 Å². The zero-order chi connectivity index (χ0) is 21.0. The second-order valence-corrected chi connectivity index (χ2v) is 9.08. The van der Waals surface area contributed by atoms with Gasteiger partial charge in [-0.3, -0.25) is 14.4 Å². The van der Waals surface area contributed by atoms with Crippen LogP contribution in [0.2, 0.25) is 0 Å². The first-order valence-corrected chi connectivity index (χ1v) is 11.0. The first kappa shape index (κ1) is 20.7. The summed E-state index contributed by atoms with van der Waals surface area (Å²) in [4.78, 5) is 12.4. The lowest BCUT2D eigenvalue weighted by Gasteiger charge is -2.21. The quantitative estimate of drug-likeness (QED) is 0.575. The molecule has 1 aromatic heterocycles. The molecule has 0 saturated carbocycles. The first-order chi connectivity index (χ1) is 13.8. The summed E-state index contributed by atoms with van der Waals surface area (Å²) < 4.78 is 32.2. The van der Waals surface area contributed by atoms with Crippen molar-refractivity contribution in [3.8, 4) is 5.75 Å². The Hall–Kier alpha value is -2.98. The Morgan fingerprint density at radius 1 is 1.17 bits per heavy atom. The number of rotatable bonds is 7. The lowest BCUT2D eigenvalue weighted by molar-refractivity contribution is 0.102. The molecule has 0 aliphatic carbocycles. The lowest BCUT2D eigenvalue weighted by Crippen LogP contribution is -2.30. The molecule has 10 heteroatoms. The van der Waals surface area contributed by atoms with Crippen molar-refractivity contribution in [3.63, 3.8) is 0 Å². The second-order valence-electron chi connectivity index (χ2n) is 6.06. The Kier molecular flexibility index (Phi) is 6.14. The van der Waals surface area contributed by atoms with Gasteiger partial charge in [-0.25, -0.2) is 0 Å². The highest BCUT2D eigenvalue weighted by Gasteiger charge is 2.28. The zero-order valence-corrected chi connectivity index (χ0v) is 17.8. The van der Waals surface area contributed by atoms with Crippen LogP contribution in [-0.4, -0.2) is 38.2 Å². The summed E-state index contributed by atoms with van der Waals surface area (Å²) in [5, 5.41) is 10.3. The first-order valence-electron chi connectivity index (χ1n) is 8.73. The number of ether oxygens (including phenoxy) is 1. The third kappa shape index (κ3) is 4.54. The number of hydrogen-bond acceptors (Lipinski definition) is 7. The number of nitrogens with zero attached hydrogens (tertiary/aromatic N) is 3. The van der Waals surface area contributed by atoms with Crippen LogP contribution in [0.15, 0.2) is 52.9 Å². The molecule has 8 nitrogen and oxygen atoms in total. The fraction of sp³-hybridized carbons (Fsp3) is 0.211. The Bertz CT molecular complexity index is 1110. The van der Waals surface area contributed by atoms with Crippen LogP contribution in [0.25, 0.3) is 0 Å². The maximum atomic E-state index is 13.0. The number of sulfonamides is 1. The van der Waals surface area contributed by atoms with Crippen LogP contribution in [0, 0.1) is 6.92 Å². The molecule has 0 aliphatic rings. The van der Waals surface area contributed by atoms with Crippen molar-refractivity contribution < 1.29 is 17.9 Å². The molecule has 0 atom stereocenters. The number of aryl methyl sites for hydroxylation is 1. The van der Waals surface area contributed by atoms with Crippen molar-refractivity contribution in [2.75, 3.05) is 23.3 Å². The van der Waals surface area contributed by atoms with Crippen LogP contribution < -0.4 is 14.4 Å². The second kappa shape index (κ2) is 8.58. The monoisotopic (exact) mass is 432 g/mol. The highest BCUT2D eigenvalue weighted by atomic mass is 32.2. The molecule has 0 bridgehead atoms. The van der Waals surface area contributed by atoms with Gasteiger partial charge in [-0.2, -0.15) is 8.42 Å². The summed E-state index contributed by atoms with van der Waals surface area (Å²) in [6.07, 6.45) is 0. The lowest BCUT2D eigenvalue weighted by atomic mass is 10.1. The predicted octanol–water partition coefficient (Wildman–Crippen LogP) is 3.32. The molecule has 0 spiro atoms. The van der Waals surface area contributed by atoms with Crippen LogP contribution in [-0.2, 0) is 10.0 Å². The van der Waals surface area contributed by atoms with Gasteiger partial charge in [0.15, 0.2) is 0 Å². The van der Waals surface area contributed by atoms with Gasteiger partial charge in [-0.15, -0.1) is 10.2 Å². The molecule has 29 heavy (non-hydrogen) atoms. The third-order valence-corrected chi connectivity index (χ3v) is 7.15. The Morgan fingerprint density at radius 3 is 2.52 bits per heavy atom. The molecular weight excluding hydrogens is 412 g/mol. The number of hydrogen-bond donors (Lipinski definition) is 1. The predicted molar refractivity (Wildman–Crippen MR) is 112 cm³/mol. The molecule has 0 aliphatic heterocycles. The topological polar surface area (TPSA) is 101 Å². The fourth-order valence-corrected chi connectivity index (χ4v) is 5.13. The molecule has 1 heterocycles. The number of carbonyl (C=O) groups excluding carboxylic acids is 1. The van der Waals surface area contributed by atoms with E-state index in [9.17, 15) is 13.2 Å². The van der Waals surface area contributed by atoms with Crippen molar-refractivity contribution in [2.24, 2.45) is 0 Å². The average Bonchev–Trinajstić information content (AvgIpc) is 3.18. The molecule has 0 fully saturated rings. The summed E-state index contributed by atoms with van der Waals surface area (Å²) in [5.41, 5.74) is 1.88. The van der Waals surface area contributed by atoms with Gasteiger partial charge in [0.2, 0.25) is 5.13 Å². The molecule has 0 saturated heterocycles. The maximum Gasteiger partial charge on any atom is 0.293 e. The van der Waals surface area contributed by atoms with Crippen molar-refractivity contribution >= 4 is 38.1 Å². The van der Waals surface area contributed by atoms with Gasteiger partial charge in [-0.1, -0.05) is 29.0 Å². The number of amides is 1. The minimum absolute atomic E-state index is 0.112. The Morgan fingerprint density at radius 2 is 1.90 bits per heavy atom. The molecule has 2 aromatic carbocycles. The van der Waals surface area contributed by atoms with E-state index in [1.165, 1.54) is 11.4 Å². The van der Waals surface area contributed by atoms with E-state index in [4.69, 9.17) is 4.74 Å². The van der Waals surface area contributed by atoms with Crippen LogP contribution >= 0.6 is 11.3 Å². The van der Waals surface area contributed by atoms with Gasteiger partial charge >= 0.3 is 0 Å². The highest BCUT2D eigenvalue weighted by molar-refractivity contribution is 7.94. The summed E-state index contributed by atoms with van der Waals surface area (Å²) in [6, 6.07) is 13.7. The number of nitrogens with one attached hydrogen (secondary N) is 1. The van der Waals surface area contributed by atoms with Gasteiger partial charge in [-0.05, 0) is 50.2 Å². The molecule has 0 unspecified atom stereocenters. The van der Waals surface area contributed by atoms with Gasteiger partial charge in [0.1, 0.15) is 5.75 Å². The van der Waals surface area contributed by atoms with Gasteiger partial charge in [0.25, 0.3) is 20.3 Å². The van der Waals surface area contributed by atoms with E-state index in [0.717, 1.165) is 16.9 Å². The number of anilines is 2. The number of carbonyl (C=O) groups is 1.